The number of halogens is 1. The molecule has 0 saturated carbocycles. The van der Waals surface area contributed by atoms with Gasteiger partial charge in [0.2, 0.25) is 0 Å². The van der Waals surface area contributed by atoms with Crippen molar-refractivity contribution in [1.29, 1.82) is 0 Å². The lowest BCUT2D eigenvalue weighted by Gasteiger charge is -2.17. The molecule has 2 aromatic heterocycles. The predicted molar refractivity (Wildman–Crippen MR) is 68.9 cm³/mol. The number of nitrogens with two attached hydrogens (primary N) is 1. The zero-order chi connectivity index (χ0) is 11.5. The van der Waals surface area contributed by atoms with E-state index < -0.39 is 0 Å². The predicted octanol–water partition coefficient (Wildman–Crippen LogP) is 2.69. The lowest BCUT2D eigenvalue weighted by Crippen LogP contribution is -2.18. The van der Waals surface area contributed by atoms with Crippen LogP contribution in [0, 0.1) is 0 Å². The zero-order valence-electron chi connectivity index (χ0n) is 8.77. The Balaban J connectivity index is 2.44. The van der Waals surface area contributed by atoms with Gasteiger partial charge in [-0.3, -0.25) is 0 Å². The molecule has 16 heavy (non-hydrogen) atoms. The number of nitrogen functional groups attached to an aromatic ring is 1. The molecule has 0 amide bonds. The molecule has 3 N–H and O–H groups in total. The summed E-state index contributed by atoms with van der Waals surface area (Å²) in [6.07, 6.45) is 1.56. The van der Waals surface area contributed by atoms with Crippen molar-refractivity contribution >= 4 is 28.8 Å². The third-order valence-corrected chi connectivity index (χ3v) is 3.30. The number of hydrogen-bond acceptors (Lipinski definition) is 4. The third-order valence-electron chi connectivity index (χ3n) is 2.39. The molecule has 2 rings (SSSR count). The fourth-order valence-electron chi connectivity index (χ4n) is 1.64. The molecule has 1 unspecified atom stereocenters. The standard InChI is InChI=1S/C11H12ClN3S/c1-14-10(7-2-3-16-6-7)9-4-8(12)5-15-11(9)13/h2-6,10,14H,1H3,(H2,13,15). The SMILES string of the molecule is CNC(c1ccsc1)c1cc(Cl)cnc1N. The summed E-state index contributed by atoms with van der Waals surface area (Å²) in [4.78, 5) is 4.07. The lowest BCUT2D eigenvalue weighted by molar-refractivity contribution is 0.694. The van der Waals surface area contributed by atoms with E-state index in [1.54, 1.807) is 17.5 Å². The van der Waals surface area contributed by atoms with E-state index >= 15 is 0 Å². The van der Waals surface area contributed by atoms with Crippen LogP contribution in [-0.2, 0) is 0 Å². The number of hydrogen-bond donors (Lipinski definition) is 2. The highest BCUT2D eigenvalue weighted by molar-refractivity contribution is 7.08. The fourth-order valence-corrected chi connectivity index (χ4v) is 2.49. The first kappa shape index (κ1) is 11.4. The summed E-state index contributed by atoms with van der Waals surface area (Å²) in [5, 5.41) is 7.93. The summed E-state index contributed by atoms with van der Waals surface area (Å²) in [6.45, 7) is 0. The highest BCUT2D eigenvalue weighted by Crippen LogP contribution is 2.28. The number of aromatic nitrogens is 1. The van der Waals surface area contributed by atoms with Crippen LogP contribution < -0.4 is 11.1 Å². The lowest BCUT2D eigenvalue weighted by atomic mass is 10.0. The van der Waals surface area contributed by atoms with Crippen LogP contribution in [0.5, 0.6) is 0 Å². The molecule has 0 aliphatic heterocycles. The molecule has 0 aliphatic rings. The maximum absolute atomic E-state index is 5.94. The van der Waals surface area contributed by atoms with Crippen molar-refractivity contribution in [1.82, 2.24) is 10.3 Å². The summed E-state index contributed by atoms with van der Waals surface area (Å²) in [7, 11) is 1.89. The maximum atomic E-state index is 5.94. The fraction of sp³-hybridized carbons (Fsp3) is 0.182. The molecule has 0 fully saturated rings. The Bertz CT molecular complexity index is 470. The van der Waals surface area contributed by atoms with Gasteiger partial charge >= 0.3 is 0 Å². The van der Waals surface area contributed by atoms with Gasteiger partial charge in [-0.25, -0.2) is 4.98 Å². The van der Waals surface area contributed by atoms with Crippen LogP contribution >= 0.6 is 22.9 Å². The van der Waals surface area contributed by atoms with Gasteiger partial charge in [0.25, 0.3) is 0 Å². The van der Waals surface area contributed by atoms with E-state index in [1.165, 1.54) is 5.56 Å². The van der Waals surface area contributed by atoms with Gasteiger partial charge in [0.1, 0.15) is 5.82 Å². The van der Waals surface area contributed by atoms with Crippen LogP contribution in [0.1, 0.15) is 17.2 Å². The minimum absolute atomic E-state index is 0.0393. The van der Waals surface area contributed by atoms with Gasteiger partial charge < -0.3 is 11.1 Å². The van der Waals surface area contributed by atoms with E-state index in [9.17, 15) is 0 Å². The van der Waals surface area contributed by atoms with Crippen molar-refractivity contribution in [2.75, 3.05) is 12.8 Å². The zero-order valence-corrected chi connectivity index (χ0v) is 10.3. The Morgan fingerprint density at radius 2 is 2.38 bits per heavy atom. The quantitative estimate of drug-likeness (QED) is 0.884. The van der Waals surface area contributed by atoms with Gasteiger partial charge in [-0.1, -0.05) is 11.6 Å². The van der Waals surface area contributed by atoms with E-state index in [1.807, 2.05) is 18.5 Å². The smallest absolute Gasteiger partial charge is 0.128 e. The van der Waals surface area contributed by atoms with Crippen LogP contribution in [0.3, 0.4) is 0 Å². The maximum Gasteiger partial charge on any atom is 0.128 e. The summed E-state index contributed by atoms with van der Waals surface area (Å²) in [5.41, 5.74) is 7.95. The molecule has 0 saturated heterocycles. The topological polar surface area (TPSA) is 50.9 Å². The van der Waals surface area contributed by atoms with Crippen molar-refractivity contribution in [3.63, 3.8) is 0 Å². The summed E-state index contributed by atoms with van der Waals surface area (Å²) >= 11 is 7.59. The van der Waals surface area contributed by atoms with Crippen molar-refractivity contribution in [3.8, 4) is 0 Å². The van der Waals surface area contributed by atoms with E-state index in [0.717, 1.165) is 5.56 Å². The van der Waals surface area contributed by atoms with Gasteiger partial charge in [0.05, 0.1) is 11.1 Å². The van der Waals surface area contributed by atoms with Crippen LogP contribution in [0.4, 0.5) is 5.82 Å². The van der Waals surface area contributed by atoms with Crippen molar-refractivity contribution < 1.29 is 0 Å². The Morgan fingerprint density at radius 3 is 3.00 bits per heavy atom. The molecule has 0 aromatic carbocycles. The molecule has 3 nitrogen and oxygen atoms in total. The molecule has 0 radical (unpaired) electrons. The van der Waals surface area contributed by atoms with Crippen molar-refractivity contribution in [2.24, 2.45) is 0 Å². The number of rotatable bonds is 3. The van der Waals surface area contributed by atoms with Crippen LogP contribution in [0.15, 0.2) is 29.1 Å². The molecule has 1 atom stereocenters. The third kappa shape index (κ3) is 2.19. The Hall–Kier alpha value is -1.10. The van der Waals surface area contributed by atoms with Gasteiger partial charge in [0.15, 0.2) is 0 Å². The first-order valence-corrected chi connectivity index (χ1v) is 6.14. The van der Waals surface area contributed by atoms with Crippen LogP contribution in [0.25, 0.3) is 0 Å². The van der Waals surface area contributed by atoms with E-state index in [2.05, 4.69) is 21.7 Å². The first-order valence-electron chi connectivity index (χ1n) is 4.82. The minimum atomic E-state index is 0.0393. The van der Waals surface area contributed by atoms with E-state index in [0.29, 0.717) is 10.8 Å². The van der Waals surface area contributed by atoms with E-state index in [-0.39, 0.29) is 6.04 Å². The molecular formula is C11H12ClN3S. The Morgan fingerprint density at radius 1 is 1.56 bits per heavy atom. The van der Waals surface area contributed by atoms with Gasteiger partial charge in [-0.15, -0.1) is 0 Å². The van der Waals surface area contributed by atoms with Gasteiger partial charge in [0, 0.05) is 11.8 Å². The molecule has 0 spiro atoms. The number of nitrogens with one attached hydrogen (secondary N) is 1. The monoisotopic (exact) mass is 253 g/mol. The van der Waals surface area contributed by atoms with Crippen LogP contribution in [0.2, 0.25) is 5.02 Å². The highest BCUT2D eigenvalue weighted by atomic mass is 35.5. The number of pyridine rings is 1. The molecule has 2 heterocycles. The molecule has 84 valence electrons. The number of nitrogens with zero attached hydrogens (tertiary/aromatic N) is 1. The summed E-state index contributed by atoms with van der Waals surface area (Å²) < 4.78 is 0. The normalized spacial score (nSPS) is 12.6. The average Bonchev–Trinajstić information content (AvgIpc) is 2.78. The van der Waals surface area contributed by atoms with Gasteiger partial charge in [-0.2, -0.15) is 11.3 Å². The molecule has 5 heteroatoms. The largest absolute Gasteiger partial charge is 0.383 e. The summed E-state index contributed by atoms with van der Waals surface area (Å²) in [5.74, 6) is 0.509. The first-order chi connectivity index (χ1) is 7.72. The highest BCUT2D eigenvalue weighted by Gasteiger charge is 2.16. The Labute approximate surface area is 103 Å². The van der Waals surface area contributed by atoms with Crippen molar-refractivity contribution in [2.45, 2.75) is 6.04 Å². The average molecular weight is 254 g/mol. The second-order valence-corrected chi connectivity index (χ2v) is 4.62. The van der Waals surface area contributed by atoms with Crippen molar-refractivity contribution in [3.05, 3.63) is 45.2 Å². The second kappa shape index (κ2) is 4.82. The summed E-state index contributed by atoms with van der Waals surface area (Å²) in [6, 6.07) is 3.95. The number of anilines is 1. The second-order valence-electron chi connectivity index (χ2n) is 3.41. The van der Waals surface area contributed by atoms with Gasteiger partial charge in [-0.05, 0) is 35.5 Å². The molecule has 0 aliphatic carbocycles. The molecule has 2 aromatic rings. The van der Waals surface area contributed by atoms with E-state index in [4.69, 9.17) is 17.3 Å². The minimum Gasteiger partial charge on any atom is -0.383 e. The number of thiophene rings is 1. The Kier molecular flexibility index (Phi) is 3.43. The molecular weight excluding hydrogens is 242 g/mol. The molecule has 0 bridgehead atoms. The van der Waals surface area contributed by atoms with Crippen LogP contribution in [-0.4, -0.2) is 12.0 Å².